The van der Waals surface area contributed by atoms with E-state index in [1.807, 2.05) is 6.92 Å². The van der Waals surface area contributed by atoms with Crippen LogP contribution in [0.3, 0.4) is 0 Å². The van der Waals surface area contributed by atoms with Gasteiger partial charge in [-0.25, -0.2) is 0 Å². The molecule has 140 valence electrons. The first kappa shape index (κ1) is 16.7. The minimum Gasteiger partial charge on any atom is -0.393 e. The molecule has 1 spiro atoms. The van der Waals surface area contributed by atoms with Gasteiger partial charge in [-0.1, -0.05) is 20.8 Å². The van der Waals surface area contributed by atoms with E-state index in [4.69, 9.17) is 4.74 Å². The fraction of sp³-hybridized carbons (Fsp3) is 0.955. The lowest BCUT2D eigenvalue weighted by molar-refractivity contribution is -0.136. The fourth-order valence-corrected chi connectivity index (χ4v) is 8.91. The number of fused-ring (bicyclic) bond motifs is 4. The summed E-state index contributed by atoms with van der Waals surface area (Å²) < 4.78 is 6.43. The standard InChI is InChI=1S/C22H34O3/c1-12-9-17(13(2)23)20(3)7-6-16-15(19(12)20)10-18-22(25-18)8-5-14(24)11-21(16,22)4/h12,14-19,24H,5-11H2,1-4H3/t12-,14+,15-,16-,17+,18+,19+,20-,21-,22+/m1/s1. The molecule has 0 aromatic rings. The Bertz CT molecular complexity index is 616. The molecule has 0 amide bonds. The summed E-state index contributed by atoms with van der Waals surface area (Å²) in [6.07, 6.45) is 7.81. The van der Waals surface area contributed by atoms with Gasteiger partial charge < -0.3 is 9.84 Å². The average Bonchev–Trinajstić information content (AvgIpc) is 3.16. The lowest BCUT2D eigenvalue weighted by Crippen LogP contribution is -2.59. The quantitative estimate of drug-likeness (QED) is 0.731. The van der Waals surface area contributed by atoms with E-state index < -0.39 is 0 Å². The molecule has 0 aromatic heterocycles. The number of hydrogen-bond acceptors (Lipinski definition) is 3. The maximum absolute atomic E-state index is 12.4. The molecule has 1 aliphatic heterocycles. The largest absolute Gasteiger partial charge is 0.393 e. The van der Waals surface area contributed by atoms with E-state index in [0.29, 0.717) is 35.6 Å². The Kier molecular flexibility index (Phi) is 3.28. The molecule has 0 aromatic carbocycles. The average molecular weight is 347 g/mol. The van der Waals surface area contributed by atoms with Gasteiger partial charge in [0.05, 0.1) is 12.2 Å². The van der Waals surface area contributed by atoms with Crippen LogP contribution in [0.4, 0.5) is 0 Å². The third kappa shape index (κ3) is 1.87. The Morgan fingerprint density at radius 1 is 1.16 bits per heavy atom. The second-order valence-corrected chi connectivity index (χ2v) is 10.8. The van der Waals surface area contributed by atoms with Crippen molar-refractivity contribution >= 4 is 5.78 Å². The van der Waals surface area contributed by atoms with E-state index in [0.717, 1.165) is 25.7 Å². The number of rotatable bonds is 1. The first-order valence-corrected chi connectivity index (χ1v) is 10.6. The first-order valence-electron chi connectivity index (χ1n) is 10.6. The molecule has 10 atom stereocenters. The Morgan fingerprint density at radius 3 is 2.64 bits per heavy atom. The number of Topliss-reactive ketones (excluding diaryl/α,β-unsaturated/α-hetero) is 1. The van der Waals surface area contributed by atoms with Crippen LogP contribution in [-0.4, -0.2) is 28.7 Å². The van der Waals surface area contributed by atoms with Crippen molar-refractivity contribution in [3.63, 3.8) is 0 Å². The molecule has 0 unspecified atom stereocenters. The maximum atomic E-state index is 12.4. The lowest BCUT2D eigenvalue weighted by atomic mass is 9.44. The molecule has 4 aliphatic carbocycles. The van der Waals surface area contributed by atoms with E-state index in [2.05, 4.69) is 20.8 Å². The normalized spacial score (nSPS) is 62.4. The van der Waals surface area contributed by atoms with Crippen molar-refractivity contribution in [1.29, 1.82) is 0 Å². The summed E-state index contributed by atoms with van der Waals surface area (Å²) >= 11 is 0. The number of carbonyl (C=O) groups is 1. The topological polar surface area (TPSA) is 49.8 Å². The van der Waals surface area contributed by atoms with Gasteiger partial charge in [-0.05, 0) is 81.0 Å². The van der Waals surface area contributed by atoms with E-state index in [1.165, 1.54) is 19.3 Å². The molecule has 1 heterocycles. The molecule has 3 heteroatoms. The number of hydrogen-bond donors (Lipinski definition) is 1. The smallest absolute Gasteiger partial charge is 0.133 e. The summed E-state index contributed by atoms with van der Waals surface area (Å²) in [6.45, 7) is 9.04. The molecule has 0 radical (unpaired) electrons. The number of ketones is 1. The van der Waals surface area contributed by atoms with E-state index in [-0.39, 0.29) is 28.5 Å². The van der Waals surface area contributed by atoms with Crippen LogP contribution in [0, 0.1) is 40.4 Å². The molecule has 5 fully saturated rings. The summed E-state index contributed by atoms with van der Waals surface area (Å²) in [4.78, 5) is 12.4. The molecular formula is C22H34O3. The Labute approximate surface area is 151 Å². The molecule has 5 aliphatic rings. The van der Waals surface area contributed by atoms with Crippen LogP contribution in [0.25, 0.3) is 0 Å². The van der Waals surface area contributed by atoms with Crippen molar-refractivity contribution in [3.8, 4) is 0 Å². The highest BCUT2D eigenvalue weighted by atomic mass is 16.6. The molecular weight excluding hydrogens is 312 g/mol. The Morgan fingerprint density at radius 2 is 1.92 bits per heavy atom. The van der Waals surface area contributed by atoms with Crippen molar-refractivity contribution in [1.82, 2.24) is 0 Å². The zero-order valence-corrected chi connectivity index (χ0v) is 16.3. The monoisotopic (exact) mass is 346 g/mol. The number of aliphatic hydroxyl groups excluding tert-OH is 1. The fourth-order valence-electron chi connectivity index (χ4n) is 8.91. The van der Waals surface area contributed by atoms with Crippen LogP contribution >= 0.6 is 0 Å². The molecule has 25 heavy (non-hydrogen) atoms. The minimum atomic E-state index is -0.154. The van der Waals surface area contributed by atoms with E-state index >= 15 is 0 Å². The van der Waals surface area contributed by atoms with Crippen LogP contribution in [0.5, 0.6) is 0 Å². The van der Waals surface area contributed by atoms with Crippen molar-refractivity contribution in [2.75, 3.05) is 0 Å². The van der Waals surface area contributed by atoms with Gasteiger partial charge in [0, 0.05) is 11.3 Å². The zero-order chi connectivity index (χ0) is 17.8. The molecule has 5 rings (SSSR count). The van der Waals surface area contributed by atoms with Crippen LogP contribution in [0.2, 0.25) is 0 Å². The highest BCUT2D eigenvalue weighted by molar-refractivity contribution is 5.79. The second-order valence-electron chi connectivity index (χ2n) is 10.8. The summed E-state index contributed by atoms with van der Waals surface area (Å²) in [5, 5.41) is 10.4. The van der Waals surface area contributed by atoms with Gasteiger partial charge in [0.1, 0.15) is 11.4 Å². The molecule has 1 N–H and O–H groups in total. The van der Waals surface area contributed by atoms with Crippen LogP contribution in [-0.2, 0) is 9.53 Å². The number of epoxide rings is 1. The molecule has 0 bridgehead atoms. The van der Waals surface area contributed by atoms with E-state index in [9.17, 15) is 9.90 Å². The molecule has 1 saturated heterocycles. The van der Waals surface area contributed by atoms with Crippen LogP contribution in [0.1, 0.15) is 72.6 Å². The predicted octanol–water partition coefficient (Wildman–Crippen LogP) is 3.97. The van der Waals surface area contributed by atoms with Crippen molar-refractivity contribution in [2.45, 2.75) is 90.4 Å². The van der Waals surface area contributed by atoms with E-state index in [1.54, 1.807) is 0 Å². The SMILES string of the molecule is CC(=O)[C@@H]1C[C@@H](C)[C@H]2[C@@H]3C[C@@H]4O[C@@]45CC[C@H](O)C[C@]5(C)[C@@H]3CC[C@@]21C. The zero-order valence-electron chi connectivity index (χ0n) is 16.3. The van der Waals surface area contributed by atoms with Crippen molar-refractivity contribution in [2.24, 2.45) is 40.4 Å². The molecule has 3 nitrogen and oxygen atoms in total. The third-order valence-corrected chi connectivity index (χ3v) is 9.84. The van der Waals surface area contributed by atoms with Gasteiger partial charge in [0.15, 0.2) is 0 Å². The van der Waals surface area contributed by atoms with Gasteiger partial charge in [0.2, 0.25) is 0 Å². The number of carbonyl (C=O) groups excluding carboxylic acids is 1. The van der Waals surface area contributed by atoms with Crippen molar-refractivity contribution < 1.29 is 14.6 Å². The van der Waals surface area contributed by atoms with Crippen molar-refractivity contribution in [3.05, 3.63) is 0 Å². The Balaban J connectivity index is 1.53. The summed E-state index contributed by atoms with van der Waals surface area (Å²) in [5.74, 6) is 3.28. The second kappa shape index (κ2) is 4.90. The van der Waals surface area contributed by atoms with Crippen LogP contribution < -0.4 is 0 Å². The molecule has 4 saturated carbocycles. The van der Waals surface area contributed by atoms with Gasteiger partial charge >= 0.3 is 0 Å². The maximum Gasteiger partial charge on any atom is 0.133 e. The van der Waals surface area contributed by atoms with Gasteiger partial charge in [-0.3, -0.25) is 4.79 Å². The highest BCUT2D eigenvalue weighted by Crippen LogP contribution is 2.74. The highest BCUT2D eigenvalue weighted by Gasteiger charge is 2.76. The van der Waals surface area contributed by atoms with Gasteiger partial charge in [-0.15, -0.1) is 0 Å². The summed E-state index contributed by atoms with van der Waals surface area (Å²) in [5.41, 5.74) is 0.390. The number of ether oxygens (including phenoxy) is 1. The van der Waals surface area contributed by atoms with Gasteiger partial charge in [-0.2, -0.15) is 0 Å². The summed E-state index contributed by atoms with van der Waals surface area (Å²) in [7, 11) is 0. The number of aliphatic hydroxyl groups is 1. The third-order valence-electron chi connectivity index (χ3n) is 9.84. The van der Waals surface area contributed by atoms with Gasteiger partial charge in [0.25, 0.3) is 0 Å². The first-order chi connectivity index (χ1) is 11.7. The van der Waals surface area contributed by atoms with Crippen LogP contribution in [0.15, 0.2) is 0 Å². The Hall–Kier alpha value is -0.410. The minimum absolute atomic E-state index is 0.0724. The summed E-state index contributed by atoms with van der Waals surface area (Å²) in [6, 6.07) is 0. The lowest BCUT2D eigenvalue weighted by Gasteiger charge is -2.59. The predicted molar refractivity (Wildman–Crippen MR) is 95.9 cm³/mol.